The first-order valence-corrected chi connectivity index (χ1v) is 10.3. The predicted molar refractivity (Wildman–Crippen MR) is 87.7 cm³/mol. The van der Waals surface area contributed by atoms with E-state index in [4.69, 9.17) is 4.42 Å². The Balaban J connectivity index is 1.61. The molecule has 0 radical (unpaired) electrons. The number of hydrogen-bond donors (Lipinski definition) is 0. The molecule has 0 N–H and O–H groups in total. The summed E-state index contributed by atoms with van der Waals surface area (Å²) in [5.41, 5.74) is 0. The number of piperidine rings is 1. The SMILES string of the molecule is CC(C)c1nnc(C2CCN(S(=O)(=O)C3CCCCC3)CC2)o1. The first-order valence-electron chi connectivity index (χ1n) is 8.80. The molecule has 2 fully saturated rings. The lowest BCUT2D eigenvalue weighted by Crippen LogP contribution is -2.43. The Bertz CT molecular complexity index is 612. The van der Waals surface area contributed by atoms with Gasteiger partial charge in [0.25, 0.3) is 0 Å². The summed E-state index contributed by atoms with van der Waals surface area (Å²) in [5, 5.41) is 8.07. The van der Waals surface area contributed by atoms with Gasteiger partial charge in [0.05, 0.1) is 5.25 Å². The minimum atomic E-state index is -3.13. The lowest BCUT2D eigenvalue weighted by atomic mass is 9.98. The van der Waals surface area contributed by atoms with Crippen molar-refractivity contribution in [1.82, 2.24) is 14.5 Å². The van der Waals surface area contributed by atoms with Crippen molar-refractivity contribution in [3.8, 4) is 0 Å². The lowest BCUT2D eigenvalue weighted by molar-refractivity contribution is 0.280. The van der Waals surface area contributed by atoms with Crippen LogP contribution < -0.4 is 0 Å². The molecule has 2 aliphatic rings. The molecular formula is C16H27N3O3S. The van der Waals surface area contributed by atoms with Crippen LogP contribution in [-0.2, 0) is 10.0 Å². The van der Waals surface area contributed by atoms with E-state index in [1.165, 1.54) is 6.42 Å². The number of sulfonamides is 1. The van der Waals surface area contributed by atoms with Crippen LogP contribution in [0.5, 0.6) is 0 Å². The summed E-state index contributed by atoms with van der Waals surface area (Å²) in [7, 11) is -3.13. The van der Waals surface area contributed by atoms with E-state index in [1.54, 1.807) is 4.31 Å². The van der Waals surface area contributed by atoms with Crippen molar-refractivity contribution in [1.29, 1.82) is 0 Å². The summed E-state index contributed by atoms with van der Waals surface area (Å²) in [6.07, 6.45) is 6.44. The summed E-state index contributed by atoms with van der Waals surface area (Å²) in [6, 6.07) is 0. The first-order chi connectivity index (χ1) is 11.0. The number of nitrogens with zero attached hydrogens (tertiary/aromatic N) is 3. The summed E-state index contributed by atoms with van der Waals surface area (Å²) in [4.78, 5) is 0. The molecule has 0 amide bonds. The van der Waals surface area contributed by atoms with E-state index >= 15 is 0 Å². The fourth-order valence-electron chi connectivity index (χ4n) is 3.58. The maximum absolute atomic E-state index is 12.8. The minimum absolute atomic E-state index is 0.163. The van der Waals surface area contributed by atoms with E-state index in [1.807, 2.05) is 13.8 Å². The summed E-state index contributed by atoms with van der Waals surface area (Å²) in [5.74, 6) is 1.75. The van der Waals surface area contributed by atoms with Crippen LogP contribution in [0.2, 0.25) is 0 Å². The van der Waals surface area contributed by atoms with Crippen LogP contribution in [0.1, 0.15) is 82.4 Å². The maximum Gasteiger partial charge on any atom is 0.219 e. The second-order valence-corrected chi connectivity index (χ2v) is 9.32. The lowest BCUT2D eigenvalue weighted by Gasteiger charge is -2.33. The molecule has 6 nitrogen and oxygen atoms in total. The van der Waals surface area contributed by atoms with Crippen LogP contribution in [0.15, 0.2) is 4.42 Å². The van der Waals surface area contributed by atoms with E-state index in [-0.39, 0.29) is 17.1 Å². The van der Waals surface area contributed by atoms with Crippen LogP contribution >= 0.6 is 0 Å². The molecule has 0 atom stereocenters. The van der Waals surface area contributed by atoms with Crippen LogP contribution in [0.25, 0.3) is 0 Å². The molecule has 0 unspecified atom stereocenters. The predicted octanol–water partition coefficient (Wildman–Crippen LogP) is 3.03. The highest BCUT2D eigenvalue weighted by atomic mass is 32.2. The third kappa shape index (κ3) is 3.60. The maximum atomic E-state index is 12.8. The number of rotatable bonds is 4. The molecule has 2 heterocycles. The molecule has 1 aromatic heterocycles. The van der Waals surface area contributed by atoms with Crippen molar-refractivity contribution in [3.05, 3.63) is 11.8 Å². The van der Waals surface area contributed by atoms with Gasteiger partial charge in [-0.2, -0.15) is 0 Å². The Morgan fingerprint density at radius 1 is 1.04 bits per heavy atom. The van der Waals surface area contributed by atoms with Crippen molar-refractivity contribution in [2.75, 3.05) is 13.1 Å². The zero-order chi connectivity index (χ0) is 16.4. The summed E-state index contributed by atoms with van der Waals surface area (Å²) < 4.78 is 32.9. The van der Waals surface area contributed by atoms with Gasteiger partial charge < -0.3 is 4.42 Å². The Morgan fingerprint density at radius 3 is 2.26 bits per heavy atom. The van der Waals surface area contributed by atoms with Gasteiger partial charge in [-0.05, 0) is 25.7 Å². The topological polar surface area (TPSA) is 76.3 Å². The second-order valence-electron chi connectivity index (χ2n) is 7.11. The first kappa shape index (κ1) is 16.9. The van der Waals surface area contributed by atoms with Crippen molar-refractivity contribution in [2.45, 2.75) is 75.9 Å². The monoisotopic (exact) mass is 341 g/mol. The quantitative estimate of drug-likeness (QED) is 0.841. The zero-order valence-corrected chi connectivity index (χ0v) is 14.9. The van der Waals surface area contributed by atoms with E-state index in [0.717, 1.165) is 38.5 Å². The molecule has 0 aromatic carbocycles. The van der Waals surface area contributed by atoms with E-state index in [2.05, 4.69) is 10.2 Å². The molecule has 1 aliphatic carbocycles. The summed E-state index contributed by atoms with van der Waals surface area (Å²) >= 11 is 0. The third-order valence-corrected chi connectivity index (χ3v) is 7.49. The fraction of sp³-hybridized carbons (Fsp3) is 0.875. The molecule has 1 saturated heterocycles. The highest BCUT2D eigenvalue weighted by Crippen LogP contribution is 2.32. The number of hydrogen-bond acceptors (Lipinski definition) is 5. The third-order valence-electron chi connectivity index (χ3n) is 5.09. The Labute approximate surface area is 138 Å². The van der Waals surface area contributed by atoms with Crippen LogP contribution in [0.4, 0.5) is 0 Å². The Hall–Kier alpha value is -0.950. The highest BCUT2D eigenvalue weighted by molar-refractivity contribution is 7.89. The van der Waals surface area contributed by atoms with Gasteiger partial charge in [0.15, 0.2) is 0 Å². The van der Waals surface area contributed by atoms with Crippen LogP contribution in [-0.4, -0.2) is 41.3 Å². The van der Waals surface area contributed by atoms with Crippen molar-refractivity contribution in [3.63, 3.8) is 0 Å². The normalized spacial score (nSPS) is 22.7. The van der Waals surface area contributed by atoms with E-state index < -0.39 is 10.0 Å². The molecule has 0 bridgehead atoms. The van der Waals surface area contributed by atoms with Gasteiger partial charge in [-0.1, -0.05) is 33.1 Å². The largest absolute Gasteiger partial charge is 0.425 e. The molecule has 1 aromatic rings. The standard InChI is InChI=1S/C16H27N3O3S/c1-12(2)15-17-18-16(22-15)13-8-10-19(11-9-13)23(20,21)14-6-4-3-5-7-14/h12-14H,3-11H2,1-2H3. The molecular weight excluding hydrogens is 314 g/mol. The van der Waals surface area contributed by atoms with Gasteiger partial charge >= 0.3 is 0 Å². The molecule has 130 valence electrons. The van der Waals surface area contributed by atoms with Crippen LogP contribution in [0, 0.1) is 0 Å². The molecule has 1 saturated carbocycles. The van der Waals surface area contributed by atoms with Gasteiger partial charge in [0, 0.05) is 24.9 Å². The zero-order valence-electron chi connectivity index (χ0n) is 14.1. The van der Waals surface area contributed by atoms with Crippen molar-refractivity contribution in [2.24, 2.45) is 0 Å². The van der Waals surface area contributed by atoms with Gasteiger partial charge in [0.1, 0.15) is 0 Å². The van der Waals surface area contributed by atoms with E-state index in [9.17, 15) is 8.42 Å². The minimum Gasteiger partial charge on any atom is -0.425 e. The fourth-order valence-corrected chi connectivity index (χ4v) is 5.65. The summed E-state index contributed by atoms with van der Waals surface area (Å²) in [6.45, 7) is 5.19. The average Bonchev–Trinajstić information content (AvgIpc) is 3.06. The van der Waals surface area contributed by atoms with Crippen LogP contribution in [0.3, 0.4) is 0 Å². The van der Waals surface area contributed by atoms with Gasteiger partial charge in [-0.15, -0.1) is 10.2 Å². The van der Waals surface area contributed by atoms with E-state index in [0.29, 0.717) is 24.9 Å². The van der Waals surface area contributed by atoms with Gasteiger partial charge in [-0.3, -0.25) is 0 Å². The average molecular weight is 341 g/mol. The number of aromatic nitrogens is 2. The molecule has 0 spiro atoms. The molecule has 7 heteroatoms. The van der Waals surface area contributed by atoms with Gasteiger partial charge in [-0.25, -0.2) is 12.7 Å². The van der Waals surface area contributed by atoms with Gasteiger partial charge in [0.2, 0.25) is 21.8 Å². The Morgan fingerprint density at radius 2 is 1.70 bits per heavy atom. The van der Waals surface area contributed by atoms with Crippen molar-refractivity contribution < 1.29 is 12.8 Å². The molecule has 1 aliphatic heterocycles. The molecule has 23 heavy (non-hydrogen) atoms. The smallest absolute Gasteiger partial charge is 0.219 e. The molecule has 3 rings (SSSR count). The highest BCUT2D eigenvalue weighted by Gasteiger charge is 2.36. The van der Waals surface area contributed by atoms with Crippen molar-refractivity contribution >= 4 is 10.0 Å². The second kappa shape index (κ2) is 6.89. The Kier molecular flexibility index (Phi) is 5.06.